The molecule has 0 radical (unpaired) electrons. The second-order valence-electron chi connectivity index (χ2n) is 11.6. The van der Waals surface area contributed by atoms with E-state index in [9.17, 15) is 24.3 Å². The van der Waals surface area contributed by atoms with Crippen molar-refractivity contribution in [2.45, 2.75) is 64.8 Å². The van der Waals surface area contributed by atoms with Crippen LogP contribution in [0.3, 0.4) is 0 Å². The number of aryl methyl sites for hydroxylation is 3. The van der Waals surface area contributed by atoms with E-state index in [0.29, 0.717) is 62.2 Å². The first-order valence-electron chi connectivity index (χ1n) is 15.8. The molecule has 14 nitrogen and oxygen atoms in total. The van der Waals surface area contributed by atoms with Crippen LogP contribution >= 0.6 is 0 Å². The van der Waals surface area contributed by atoms with Crippen LogP contribution in [0.25, 0.3) is 10.9 Å². The van der Waals surface area contributed by atoms with Crippen LogP contribution in [0.1, 0.15) is 47.8 Å². The van der Waals surface area contributed by atoms with Crippen molar-refractivity contribution in [1.82, 2.24) is 40.1 Å². The molecule has 0 aliphatic carbocycles. The quantitative estimate of drug-likeness (QED) is 0.289. The topological polar surface area (TPSA) is 174 Å². The summed E-state index contributed by atoms with van der Waals surface area (Å²) in [7, 11) is 0. The van der Waals surface area contributed by atoms with Gasteiger partial charge in [0.05, 0.1) is 35.6 Å². The van der Waals surface area contributed by atoms with E-state index in [1.165, 1.54) is 17.8 Å². The number of aromatic nitrogens is 5. The molecule has 1 aliphatic rings. The Kier molecular flexibility index (Phi) is 10.9. The molecule has 4 aromatic rings. The zero-order valence-corrected chi connectivity index (χ0v) is 26.6. The Labute approximate surface area is 271 Å². The van der Waals surface area contributed by atoms with Crippen LogP contribution in [-0.4, -0.2) is 90.7 Å². The minimum absolute atomic E-state index is 0.0902. The lowest BCUT2D eigenvalue weighted by atomic mass is 10.1. The average Bonchev–Trinajstić information content (AvgIpc) is 3.52. The molecule has 47 heavy (non-hydrogen) atoms. The lowest BCUT2D eigenvalue weighted by Crippen LogP contribution is -2.53. The van der Waals surface area contributed by atoms with E-state index >= 15 is 0 Å². The molecular formula is C33H40N8O6. The predicted octanol–water partition coefficient (Wildman–Crippen LogP) is 1.23. The molecule has 0 fully saturated rings. The van der Waals surface area contributed by atoms with Crippen LogP contribution in [0.4, 0.5) is 0 Å². The average molecular weight is 645 g/mol. The van der Waals surface area contributed by atoms with Gasteiger partial charge in [-0.1, -0.05) is 23.4 Å². The van der Waals surface area contributed by atoms with Crippen LogP contribution < -0.4 is 20.9 Å². The Morgan fingerprint density at radius 2 is 1.96 bits per heavy atom. The highest BCUT2D eigenvalue weighted by Crippen LogP contribution is 2.20. The summed E-state index contributed by atoms with van der Waals surface area (Å²) in [6.45, 7) is 5.18. The van der Waals surface area contributed by atoms with Gasteiger partial charge in [0.25, 0.3) is 11.5 Å². The molecule has 3 N–H and O–H groups in total. The van der Waals surface area contributed by atoms with E-state index in [2.05, 4.69) is 25.9 Å². The first kappa shape index (κ1) is 33.3. The van der Waals surface area contributed by atoms with Gasteiger partial charge in [0.1, 0.15) is 11.8 Å². The van der Waals surface area contributed by atoms with Crippen LogP contribution in [0, 0.1) is 6.92 Å². The second kappa shape index (κ2) is 15.5. The van der Waals surface area contributed by atoms with Gasteiger partial charge in [-0.25, -0.2) is 4.98 Å². The van der Waals surface area contributed by atoms with Crippen molar-refractivity contribution in [3.05, 3.63) is 82.2 Å². The van der Waals surface area contributed by atoms with Gasteiger partial charge in [-0.2, -0.15) is 0 Å². The van der Waals surface area contributed by atoms with Crippen molar-refractivity contribution in [2.24, 2.45) is 0 Å². The van der Waals surface area contributed by atoms with Gasteiger partial charge in [-0.05, 0) is 50.1 Å². The Morgan fingerprint density at radius 1 is 1.13 bits per heavy atom. The zero-order valence-electron chi connectivity index (χ0n) is 26.6. The third-order valence-corrected chi connectivity index (χ3v) is 8.07. The predicted molar refractivity (Wildman–Crippen MR) is 173 cm³/mol. The number of para-hydroxylation sites is 1. The maximum atomic E-state index is 13.4. The first-order valence-corrected chi connectivity index (χ1v) is 15.8. The minimum Gasteiger partial charge on any atom is -0.493 e. The van der Waals surface area contributed by atoms with E-state index in [4.69, 9.17) is 4.74 Å². The monoisotopic (exact) mass is 644 g/mol. The molecule has 0 spiro atoms. The molecule has 248 valence electrons. The van der Waals surface area contributed by atoms with Crippen molar-refractivity contribution in [2.75, 3.05) is 26.2 Å². The Bertz CT molecular complexity index is 1780. The van der Waals surface area contributed by atoms with Gasteiger partial charge < -0.3 is 25.4 Å². The number of aliphatic hydroxyl groups is 1. The fourth-order valence-electron chi connectivity index (χ4n) is 5.36. The highest BCUT2D eigenvalue weighted by Gasteiger charge is 2.27. The van der Waals surface area contributed by atoms with Crippen molar-refractivity contribution in [3.8, 4) is 5.75 Å². The third-order valence-electron chi connectivity index (χ3n) is 8.07. The molecule has 0 saturated carbocycles. The number of nitrogens with zero attached hydrogens (tertiary/aromatic N) is 6. The summed E-state index contributed by atoms with van der Waals surface area (Å²) in [5, 5.41) is 24.7. The number of rotatable bonds is 5. The molecule has 0 saturated heterocycles. The number of hydrogen-bond donors (Lipinski definition) is 3. The summed E-state index contributed by atoms with van der Waals surface area (Å²) in [6.07, 6.45) is 3.83. The summed E-state index contributed by atoms with van der Waals surface area (Å²) in [5.74, 6) is -0.707. The maximum absolute atomic E-state index is 13.4. The Morgan fingerprint density at radius 3 is 2.79 bits per heavy atom. The van der Waals surface area contributed by atoms with Gasteiger partial charge in [0.15, 0.2) is 0 Å². The van der Waals surface area contributed by atoms with Gasteiger partial charge in [0.2, 0.25) is 11.8 Å². The molecule has 2 aromatic carbocycles. The third kappa shape index (κ3) is 8.58. The fourth-order valence-corrected chi connectivity index (χ4v) is 5.36. The normalized spacial score (nSPS) is 17.3. The number of hydrogen-bond acceptors (Lipinski definition) is 9. The van der Waals surface area contributed by atoms with E-state index in [0.717, 1.165) is 11.3 Å². The van der Waals surface area contributed by atoms with Gasteiger partial charge in [-0.15, -0.1) is 5.10 Å². The largest absolute Gasteiger partial charge is 0.493 e. The molecule has 0 unspecified atom stereocenters. The van der Waals surface area contributed by atoms with Crippen molar-refractivity contribution >= 4 is 28.6 Å². The number of benzene rings is 2. The number of aliphatic hydroxyl groups excluding tert-OH is 1. The van der Waals surface area contributed by atoms with Gasteiger partial charge in [0, 0.05) is 63.7 Å². The Balaban J connectivity index is 1.28. The molecular weight excluding hydrogens is 604 g/mol. The molecule has 3 amide bonds. The Hall–Kier alpha value is -5.11. The summed E-state index contributed by atoms with van der Waals surface area (Å²) >= 11 is 0. The standard InChI is InChI=1S/C33H40N8O6/c1-22-10-11-24-19-28(22)47-18-6-15-41-20-25(37-38-41)12-16-39(17-13-34-32(45)30(23(2)42)36-31(24)44)29(43)9-5-14-40-21-35-27-8-4-3-7-26(27)33(40)46/h3-4,7-8,10-11,19-21,23,30,42H,5-6,9,12-18H2,1-2H3,(H,34,45)(H,36,44)/t23-,30+/m1/s1. The number of carbonyl (C=O) groups is 3. The molecule has 2 atom stereocenters. The van der Waals surface area contributed by atoms with Crippen LogP contribution in [0.2, 0.25) is 0 Å². The highest BCUT2D eigenvalue weighted by molar-refractivity contribution is 5.98. The van der Waals surface area contributed by atoms with Crippen LogP contribution in [-0.2, 0) is 29.1 Å². The number of fused-ring (bicyclic) bond motifs is 5. The second-order valence-corrected chi connectivity index (χ2v) is 11.6. The van der Waals surface area contributed by atoms with E-state index in [1.54, 1.807) is 46.0 Å². The van der Waals surface area contributed by atoms with Crippen molar-refractivity contribution < 1.29 is 24.2 Å². The number of amides is 3. The molecule has 5 rings (SSSR count). The van der Waals surface area contributed by atoms with Crippen LogP contribution in [0.5, 0.6) is 5.75 Å². The van der Waals surface area contributed by atoms with Gasteiger partial charge >= 0.3 is 0 Å². The summed E-state index contributed by atoms with van der Waals surface area (Å²) in [4.78, 5) is 58.4. The zero-order chi connectivity index (χ0) is 33.3. The SMILES string of the molecule is Cc1ccc2cc1OCCCn1cc(nn1)CCN(C(=O)CCCn1cnc3ccccc3c1=O)CCNC(=O)[C@H]([C@@H](C)O)NC2=O. The minimum atomic E-state index is -1.22. The number of carbonyl (C=O) groups excluding carboxylic acids is 3. The summed E-state index contributed by atoms with van der Waals surface area (Å²) < 4.78 is 9.17. The van der Waals surface area contributed by atoms with E-state index in [-0.39, 0.29) is 36.5 Å². The lowest BCUT2D eigenvalue weighted by Gasteiger charge is -2.25. The first-order chi connectivity index (χ1) is 22.7. The van der Waals surface area contributed by atoms with Crippen molar-refractivity contribution in [3.63, 3.8) is 0 Å². The molecule has 3 heterocycles. The number of nitrogens with one attached hydrogen (secondary N) is 2. The lowest BCUT2D eigenvalue weighted by molar-refractivity contribution is -0.132. The maximum Gasteiger partial charge on any atom is 0.261 e. The molecule has 2 aromatic heterocycles. The summed E-state index contributed by atoms with van der Waals surface area (Å²) in [6, 6.07) is 10.9. The fraction of sp³-hybridized carbons (Fsp3) is 0.424. The van der Waals surface area contributed by atoms with E-state index in [1.807, 2.05) is 19.2 Å². The van der Waals surface area contributed by atoms with Crippen molar-refractivity contribution in [1.29, 1.82) is 0 Å². The number of ether oxygens (including phenoxy) is 1. The van der Waals surface area contributed by atoms with Crippen LogP contribution in [0.15, 0.2) is 59.8 Å². The highest BCUT2D eigenvalue weighted by atomic mass is 16.5. The molecule has 4 bridgehead atoms. The van der Waals surface area contributed by atoms with E-state index < -0.39 is 24.0 Å². The summed E-state index contributed by atoms with van der Waals surface area (Å²) in [5.41, 5.74) is 2.32. The van der Waals surface area contributed by atoms with Gasteiger partial charge in [-0.3, -0.25) is 28.4 Å². The molecule has 14 heteroatoms. The smallest absolute Gasteiger partial charge is 0.261 e. The molecule has 1 aliphatic heterocycles.